The van der Waals surface area contributed by atoms with E-state index < -0.39 is 0 Å². The lowest BCUT2D eigenvalue weighted by atomic mass is 9.79. The minimum Gasteiger partial charge on any atom is -0.373 e. The third-order valence-electron chi connectivity index (χ3n) is 4.64. The Morgan fingerprint density at radius 3 is 2.40 bits per heavy atom. The first kappa shape index (κ1) is 15.1. The van der Waals surface area contributed by atoms with Gasteiger partial charge < -0.3 is 10.6 Å². The molecule has 0 spiro atoms. The van der Waals surface area contributed by atoms with E-state index in [0.717, 1.165) is 23.5 Å². The molecule has 1 saturated carbocycles. The third kappa shape index (κ3) is 3.22. The Hall–Kier alpha value is -1.32. The van der Waals surface area contributed by atoms with Crippen molar-refractivity contribution in [2.75, 3.05) is 17.7 Å². The summed E-state index contributed by atoms with van der Waals surface area (Å²) in [6.07, 6.45) is 5.42. The number of nitrogens with zero attached hydrogens (tertiary/aromatic N) is 2. The van der Waals surface area contributed by atoms with E-state index in [0.29, 0.717) is 12.0 Å². The molecular formula is C16H28N4. The summed E-state index contributed by atoms with van der Waals surface area (Å²) in [5.74, 6) is 3.98. The Kier molecular flexibility index (Phi) is 4.84. The first-order valence-electron chi connectivity index (χ1n) is 7.82. The van der Waals surface area contributed by atoms with Gasteiger partial charge in [-0.05, 0) is 37.0 Å². The number of nitrogens with one attached hydrogen (secondary N) is 2. The number of aromatic nitrogens is 2. The van der Waals surface area contributed by atoms with Gasteiger partial charge in [0.2, 0.25) is 0 Å². The van der Waals surface area contributed by atoms with Crippen LogP contribution in [-0.4, -0.2) is 23.1 Å². The molecule has 112 valence electrons. The quantitative estimate of drug-likeness (QED) is 0.876. The van der Waals surface area contributed by atoms with Crippen LogP contribution in [0, 0.1) is 11.8 Å². The summed E-state index contributed by atoms with van der Waals surface area (Å²) in [6.45, 7) is 9.11. The Balaban J connectivity index is 2.17. The lowest BCUT2D eigenvalue weighted by Crippen LogP contribution is -2.31. The van der Waals surface area contributed by atoms with Crippen LogP contribution in [0.4, 0.5) is 11.6 Å². The second-order valence-corrected chi connectivity index (χ2v) is 6.50. The molecule has 1 fully saturated rings. The third-order valence-corrected chi connectivity index (χ3v) is 4.64. The highest BCUT2D eigenvalue weighted by Crippen LogP contribution is 2.33. The zero-order valence-corrected chi connectivity index (χ0v) is 13.4. The monoisotopic (exact) mass is 276 g/mol. The highest BCUT2D eigenvalue weighted by atomic mass is 15.1. The minimum absolute atomic E-state index is 0.404. The van der Waals surface area contributed by atoms with E-state index in [1.807, 2.05) is 7.05 Å². The number of hydrogen-bond acceptors (Lipinski definition) is 4. The first-order chi connectivity index (χ1) is 9.52. The summed E-state index contributed by atoms with van der Waals surface area (Å²) < 4.78 is 0. The van der Waals surface area contributed by atoms with E-state index in [2.05, 4.69) is 48.3 Å². The Morgan fingerprint density at radius 2 is 1.80 bits per heavy atom. The molecule has 3 unspecified atom stereocenters. The Morgan fingerprint density at radius 1 is 1.10 bits per heavy atom. The minimum atomic E-state index is 0.404. The van der Waals surface area contributed by atoms with Crippen molar-refractivity contribution in [3.63, 3.8) is 0 Å². The summed E-state index contributed by atoms with van der Waals surface area (Å²) in [4.78, 5) is 8.82. The van der Waals surface area contributed by atoms with Gasteiger partial charge >= 0.3 is 0 Å². The molecule has 1 aliphatic rings. The van der Waals surface area contributed by atoms with E-state index in [1.165, 1.54) is 24.8 Å². The topological polar surface area (TPSA) is 49.8 Å². The van der Waals surface area contributed by atoms with Crippen LogP contribution in [0.3, 0.4) is 0 Å². The van der Waals surface area contributed by atoms with E-state index in [1.54, 1.807) is 6.33 Å². The van der Waals surface area contributed by atoms with Crippen molar-refractivity contribution in [2.24, 2.45) is 11.8 Å². The van der Waals surface area contributed by atoms with Gasteiger partial charge in [-0.2, -0.15) is 0 Å². The zero-order valence-electron chi connectivity index (χ0n) is 13.4. The van der Waals surface area contributed by atoms with Crippen LogP contribution in [0.25, 0.3) is 0 Å². The normalized spacial score (nSPS) is 26.6. The molecule has 4 nitrogen and oxygen atoms in total. The van der Waals surface area contributed by atoms with E-state index >= 15 is 0 Å². The second kappa shape index (κ2) is 6.42. The van der Waals surface area contributed by atoms with Crippen molar-refractivity contribution in [1.29, 1.82) is 0 Å². The molecule has 20 heavy (non-hydrogen) atoms. The SMILES string of the molecule is CNc1ncnc(NC2CCC(C)C(C)C2)c1C(C)C. The molecule has 1 aromatic rings. The molecule has 1 heterocycles. The van der Waals surface area contributed by atoms with Crippen molar-refractivity contribution in [3.05, 3.63) is 11.9 Å². The molecule has 3 atom stereocenters. The standard InChI is InChI=1S/C16H28N4/c1-10(2)14-15(17-5)18-9-19-16(14)20-13-7-6-11(3)12(4)8-13/h9-13H,6-8H2,1-5H3,(H2,17,18,19,20). The van der Waals surface area contributed by atoms with E-state index in [-0.39, 0.29) is 0 Å². The maximum atomic E-state index is 4.48. The molecule has 0 aliphatic heterocycles. The number of hydrogen-bond donors (Lipinski definition) is 2. The molecule has 1 aliphatic carbocycles. The van der Waals surface area contributed by atoms with Crippen molar-refractivity contribution < 1.29 is 0 Å². The maximum Gasteiger partial charge on any atom is 0.135 e. The van der Waals surface area contributed by atoms with E-state index in [4.69, 9.17) is 0 Å². The highest BCUT2D eigenvalue weighted by Gasteiger charge is 2.26. The number of rotatable bonds is 4. The fourth-order valence-electron chi connectivity index (χ4n) is 3.13. The van der Waals surface area contributed by atoms with Crippen molar-refractivity contribution in [3.8, 4) is 0 Å². The van der Waals surface area contributed by atoms with Gasteiger partial charge in [0.15, 0.2) is 0 Å². The molecule has 0 saturated heterocycles. The fourth-order valence-corrected chi connectivity index (χ4v) is 3.13. The molecule has 2 rings (SSSR count). The summed E-state index contributed by atoms with van der Waals surface area (Å²) in [5, 5.41) is 6.84. The summed E-state index contributed by atoms with van der Waals surface area (Å²) in [7, 11) is 1.92. The molecule has 0 aromatic carbocycles. The molecule has 1 aromatic heterocycles. The van der Waals surface area contributed by atoms with Gasteiger partial charge in [-0.25, -0.2) is 9.97 Å². The molecule has 0 bridgehead atoms. The van der Waals surface area contributed by atoms with Crippen molar-refractivity contribution in [1.82, 2.24) is 9.97 Å². The van der Waals surface area contributed by atoms with Gasteiger partial charge in [0.1, 0.15) is 18.0 Å². The fraction of sp³-hybridized carbons (Fsp3) is 0.750. The largest absolute Gasteiger partial charge is 0.373 e. The van der Waals surface area contributed by atoms with Crippen LogP contribution in [0.5, 0.6) is 0 Å². The summed E-state index contributed by atoms with van der Waals surface area (Å²) >= 11 is 0. The lowest BCUT2D eigenvalue weighted by molar-refractivity contribution is 0.260. The van der Waals surface area contributed by atoms with Crippen LogP contribution >= 0.6 is 0 Å². The van der Waals surface area contributed by atoms with Gasteiger partial charge in [-0.15, -0.1) is 0 Å². The van der Waals surface area contributed by atoms with Gasteiger partial charge in [0, 0.05) is 18.7 Å². The predicted octanol–water partition coefficient (Wildman–Crippen LogP) is 3.88. The van der Waals surface area contributed by atoms with Gasteiger partial charge in [0.05, 0.1) is 0 Å². The smallest absolute Gasteiger partial charge is 0.135 e. The Bertz CT molecular complexity index is 444. The average Bonchev–Trinajstić information content (AvgIpc) is 2.42. The van der Waals surface area contributed by atoms with Crippen molar-refractivity contribution in [2.45, 2.75) is 58.9 Å². The second-order valence-electron chi connectivity index (χ2n) is 6.50. The molecule has 4 heteroatoms. The van der Waals surface area contributed by atoms with Gasteiger partial charge in [-0.3, -0.25) is 0 Å². The lowest BCUT2D eigenvalue weighted by Gasteiger charge is -2.33. The van der Waals surface area contributed by atoms with Crippen LogP contribution in [0.2, 0.25) is 0 Å². The first-order valence-corrected chi connectivity index (χ1v) is 7.82. The maximum absolute atomic E-state index is 4.48. The van der Waals surface area contributed by atoms with Gasteiger partial charge in [0.25, 0.3) is 0 Å². The average molecular weight is 276 g/mol. The van der Waals surface area contributed by atoms with Crippen LogP contribution in [0.15, 0.2) is 6.33 Å². The van der Waals surface area contributed by atoms with Crippen LogP contribution in [0.1, 0.15) is 58.4 Å². The van der Waals surface area contributed by atoms with Gasteiger partial charge in [-0.1, -0.05) is 27.7 Å². The van der Waals surface area contributed by atoms with Crippen LogP contribution in [-0.2, 0) is 0 Å². The van der Waals surface area contributed by atoms with E-state index in [9.17, 15) is 0 Å². The number of anilines is 2. The predicted molar refractivity (Wildman–Crippen MR) is 85.3 cm³/mol. The van der Waals surface area contributed by atoms with Crippen LogP contribution < -0.4 is 10.6 Å². The molecule has 0 amide bonds. The molecule has 2 N–H and O–H groups in total. The van der Waals surface area contributed by atoms with Crippen molar-refractivity contribution >= 4 is 11.6 Å². The highest BCUT2D eigenvalue weighted by molar-refractivity contribution is 5.59. The summed E-state index contributed by atoms with van der Waals surface area (Å²) in [6, 6.07) is 0.540. The summed E-state index contributed by atoms with van der Waals surface area (Å²) in [5.41, 5.74) is 1.20. The molecule has 0 radical (unpaired) electrons. The Labute approximate surface area is 122 Å². The zero-order chi connectivity index (χ0) is 14.7. The molecular weight excluding hydrogens is 248 g/mol.